The van der Waals surface area contributed by atoms with Gasteiger partial charge >= 0.3 is 0 Å². The minimum atomic E-state index is -0.228. The molecular weight excluding hydrogens is 328 g/mol. The number of ether oxygens (including phenoxy) is 1. The van der Waals surface area contributed by atoms with E-state index in [0.29, 0.717) is 22.9 Å². The third-order valence-electron chi connectivity index (χ3n) is 5.03. The average molecular weight is 345 g/mol. The standard InChI is InChI=1S/C18H17ClN2O3/c1-2-24-14-6-3-10(7-13(14)19)9-20-21-17(22)15-11-4-5-12(8-11)16(15)18(21)23/h3-7,9,11-12,15-16H,2,8H2,1H3. The Hall–Kier alpha value is -2.14. The number of carbonyl (C=O) groups excluding carboxylic acids is 2. The molecule has 1 heterocycles. The molecule has 2 amide bonds. The minimum absolute atomic E-state index is 0.185. The van der Waals surface area contributed by atoms with Crippen molar-refractivity contribution in [1.82, 2.24) is 5.01 Å². The summed E-state index contributed by atoms with van der Waals surface area (Å²) in [5.41, 5.74) is 0.710. The van der Waals surface area contributed by atoms with Crippen molar-refractivity contribution >= 4 is 29.6 Å². The molecule has 1 aromatic rings. The van der Waals surface area contributed by atoms with E-state index in [-0.39, 0.29) is 35.5 Å². The summed E-state index contributed by atoms with van der Waals surface area (Å²) in [6, 6.07) is 5.24. The number of halogens is 1. The first-order valence-electron chi connectivity index (χ1n) is 8.12. The van der Waals surface area contributed by atoms with Crippen LogP contribution in [-0.4, -0.2) is 29.6 Å². The van der Waals surface area contributed by atoms with E-state index in [4.69, 9.17) is 16.3 Å². The molecule has 24 heavy (non-hydrogen) atoms. The molecule has 1 aromatic carbocycles. The molecule has 124 valence electrons. The summed E-state index contributed by atoms with van der Waals surface area (Å²) in [5, 5.41) is 5.64. The number of rotatable bonds is 4. The van der Waals surface area contributed by atoms with Crippen LogP contribution in [0.1, 0.15) is 18.9 Å². The molecule has 1 saturated carbocycles. The van der Waals surface area contributed by atoms with Crippen LogP contribution in [0.25, 0.3) is 0 Å². The van der Waals surface area contributed by atoms with Gasteiger partial charge in [-0.05, 0) is 48.9 Å². The van der Waals surface area contributed by atoms with Crippen LogP contribution in [0.15, 0.2) is 35.5 Å². The van der Waals surface area contributed by atoms with E-state index in [9.17, 15) is 9.59 Å². The zero-order chi connectivity index (χ0) is 16.8. The molecular formula is C18H17ClN2O3. The lowest BCUT2D eigenvalue weighted by Gasteiger charge is -2.13. The van der Waals surface area contributed by atoms with Gasteiger partial charge in [0.1, 0.15) is 5.75 Å². The predicted molar refractivity (Wildman–Crippen MR) is 89.8 cm³/mol. The number of allylic oxidation sites excluding steroid dienone is 2. The lowest BCUT2D eigenvalue weighted by Crippen LogP contribution is -2.28. The van der Waals surface area contributed by atoms with Crippen LogP contribution in [0.2, 0.25) is 5.02 Å². The van der Waals surface area contributed by atoms with Crippen LogP contribution in [0.3, 0.4) is 0 Å². The minimum Gasteiger partial charge on any atom is -0.492 e. The van der Waals surface area contributed by atoms with E-state index in [1.807, 2.05) is 6.92 Å². The third-order valence-corrected chi connectivity index (χ3v) is 5.32. The third kappa shape index (κ3) is 2.26. The summed E-state index contributed by atoms with van der Waals surface area (Å²) < 4.78 is 5.38. The molecule has 1 saturated heterocycles. The van der Waals surface area contributed by atoms with Crippen molar-refractivity contribution in [3.05, 3.63) is 40.9 Å². The van der Waals surface area contributed by atoms with Gasteiger partial charge in [0.25, 0.3) is 11.8 Å². The summed E-state index contributed by atoms with van der Waals surface area (Å²) >= 11 is 6.14. The van der Waals surface area contributed by atoms with E-state index in [0.717, 1.165) is 11.4 Å². The summed E-state index contributed by atoms with van der Waals surface area (Å²) in [4.78, 5) is 25.1. The zero-order valence-electron chi connectivity index (χ0n) is 13.2. The first-order chi connectivity index (χ1) is 11.6. The molecule has 0 spiro atoms. The second-order valence-corrected chi connectivity index (χ2v) is 6.76. The predicted octanol–water partition coefficient (Wildman–Crippen LogP) is 2.88. The molecule has 2 fully saturated rings. The molecule has 5 nitrogen and oxygen atoms in total. The van der Waals surface area contributed by atoms with Gasteiger partial charge in [-0.25, -0.2) is 0 Å². The molecule has 1 aliphatic heterocycles. The van der Waals surface area contributed by atoms with E-state index in [1.54, 1.807) is 18.2 Å². The number of imide groups is 1. The average Bonchev–Trinajstić information content (AvgIpc) is 3.23. The first kappa shape index (κ1) is 15.4. The van der Waals surface area contributed by atoms with Crippen LogP contribution < -0.4 is 4.74 Å². The number of hydrazone groups is 1. The Kier molecular flexibility index (Phi) is 3.68. The van der Waals surface area contributed by atoms with Crippen molar-refractivity contribution in [2.45, 2.75) is 13.3 Å². The van der Waals surface area contributed by atoms with Gasteiger partial charge in [0, 0.05) is 0 Å². The molecule has 6 heteroatoms. The molecule has 3 aliphatic rings. The number of hydrogen-bond donors (Lipinski definition) is 0. The van der Waals surface area contributed by atoms with E-state index in [2.05, 4.69) is 17.3 Å². The first-order valence-corrected chi connectivity index (χ1v) is 8.50. The summed E-state index contributed by atoms with van der Waals surface area (Å²) in [5.74, 6) is 0.155. The number of carbonyl (C=O) groups is 2. The van der Waals surface area contributed by atoms with E-state index in [1.165, 1.54) is 6.21 Å². The van der Waals surface area contributed by atoms with E-state index < -0.39 is 0 Å². The van der Waals surface area contributed by atoms with Crippen LogP contribution in [0.4, 0.5) is 0 Å². The lowest BCUT2D eigenvalue weighted by atomic mass is 9.85. The van der Waals surface area contributed by atoms with Crippen LogP contribution in [0.5, 0.6) is 5.75 Å². The normalized spacial score (nSPS) is 30.7. The number of fused-ring (bicyclic) bond motifs is 5. The van der Waals surface area contributed by atoms with Crippen molar-refractivity contribution < 1.29 is 14.3 Å². The Bertz CT molecular complexity index is 744. The van der Waals surface area contributed by atoms with Crippen LogP contribution in [-0.2, 0) is 9.59 Å². The number of nitrogens with zero attached hydrogens (tertiary/aromatic N) is 2. The highest BCUT2D eigenvalue weighted by molar-refractivity contribution is 6.32. The smallest absolute Gasteiger partial charge is 0.254 e. The Morgan fingerprint density at radius 1 is 1.25 bits per heavy atom. The Balaban J connectivity index is 1.54. The summed E-state index contributed by atoms with van der Waals surface area (Å²) in [6.45, 7) is 2.41. The summed E-state index contributed by atoms with van der Waals surface area (Å²) in [7, 11) is 0. The molecule has 0 radical (unpaired) electrons. The van der Waals surface area contributed by atoms with Gasteiger partial charge < -0.3 is 4.74 Å². The fourth-order valence-corrected chi connectivity index (χ4v) is 4.24. The number of benzene rings is 1. The van der Waals surface area contributed by atoms with Crippen molar-refractivity contribution in [1.29, 1.82) is 0 Å². The van der Waals surface area contributed by atoms with Gasteiger partial charge in [0.05, 0.1) is 29.7 Å². The SMILES string of the molecule is CCOc1ccc(C=NN2C(=O)C3C4C=CC(C4)C3C2=O)cc1Cl. The monoisotopic (exact) mass is 344 g/mol. The molecule has 4 atom stereocenters. The Labute approximate surface area is 144 Å². The highest BCUT2D eigenvalue weighted by atomic mass is 35.5. The van der Waals surface area contributed by atoms with Gasteiger partial charge in [0.15, 0.2) is 0 Å². The second kappa shape index (κ2) is 5.74. The van der Waals surface area contributed by atoms with Gasteiger partial charge in [-0.15, -0.1) is 0 Å². The fourth-order valence-electron chi connectivity index (χ4n) is 3.99. The van der Waals surface area contributed by atoms with Gasteiger partial charge in [0.2, 0.25) is 0 Å². The molecule has 4 unspecified atom stereocenters. The molecule has 4 rings (SSSR count). The van der Waals surface area contributed by atoms with Crippen molar-refractivity contribution in [3.8, 4) is 5.75 Å². The maximum absolute atomic E-state index is 12.5. The van der Waals surface area contributed by atoms with E-state index >= 15 is 0 Å². The molecule has 2 aliphatic carbocycles. The zero-order valence-corrected chi connectivity index (χ0v) is 13.9. The fraction of sp³-hybridized carbons (Fsp3) is 0.389. The molecule has 0 N–H and O–H groups in total. The lowest BCUT2D eigenvalue weighted by molar-refractivity contribution is -0.140. The Morgan fingerprint density at radius 2 is 1.92 bits per heavy atom. The number of hydrogen-bond acceptors (Lipinski definition) is 4. The number of amides is 2. The highest BCUT2D eigenvalue weighted by Crippen LogP contribution is 2.52. The quantitative estimate of drug-likeness (QED) is 0.479. The Morgan fingerprint density at radius 3 is 2.50 bits per heavy atom. The maximum Gasteiger partial charge on any atom is 0.254 e. The highest BCUT2D eigenvalue weighted by Gasteiger charge is 2.59. The summed E-state index contributed by atoms with van der Waals surface area (Å²) in [6.07, 6.45) is 6.54. The topological polar surface area (TPSA) is 59.0 Å². The molecule has 2 bridgehead atoms. The maximum atomic E-state index is 12.5. The van der Waals surface area contributed by atoms with Gasteiger partial charge in [-0.1, -0.05) is 23.8 Å². The largest absolute Gasteiger partial charge is 0.492 e. The van der Waals surface area contributed by atoms with Crippen molar-refractivity contribution in [3.63, 3.8) is 0 Å². The van der Waals surface area contributed by atoms with Gasteiger partial charge in [-0.3, -0.25) is 9.59 Å². The van der Waals surface area contributed by atoms with Crippen LogP contribution in [0, 0.1) is 23.7 Å². The molecule has 0 aromatic heterocycles. The van der Waals surface area contributed by atoms with Crippen molar-refractivity contribution in [2.75, 3.05) is 6.61 Å². The van der Waals surface area contributed by atoms with Gasteiger partial charge in [-0.2, -0.15) is 10.1 Å². The van der Waals surface area contributed by atoms with Crippen molar-refractivity contribution in [2.24, 2.45) is 28.8 Å². The second-order valence-electron chi connectivity index (χ2n) is 6.36. The van der Waals surface area contributed by atoms with Crippen LogP contribution >= 0.6 is 11.6 Å².